The third-order valence-electron chi connectivity index (χ3n) is 3.30. The van der Waals surface area contributed by atoms with Crippen LogP contribution >= 0.6 is 0 Å². The molecule has 94 valence electrons. The van der Waals surface area contributed by atoms with E-state index in [4.69, 9.17) is 5.73 Å². The zero-order valence-electron chi connectivity index (χ0n) is 11.6. The lowest BCUT2D eigenvalue weighted by Crippen LogP contribution is -2.28. The second kappa shape index (κ2) is 7.64. The fourth-order valence-electron chi connectivity index (χ4n) is 1.93. The number of rotatable bonds is 7. The summed E-state index contributed by atoms with van der Waals surface area (Å²) in [4.78, 5) is 0. The molecule has 0 aromatic carbocycles. The number of hydrogen-bond acceptors (Lipinski definition) is 2. The lowest BCUT2D eigenvalue weighted by atomic mass is 9.93. The lowest BCUT2D eigenvalue weighted by molar-refractivity contribution is 0.515. The highest BCUT2D eigenvalue weighted by Gasteiger charge is 2.11. The van der Waals surface area contributed by atoms with Gasteiger partial charge in [0.15, 0.2) is 0 Å². The van der Waals surface area contributed by atoms with Crippen LogP contribution in [-0.2, 0) is 0 Å². The molecule has 0 radical (unpaired) electrons. The molecule has 0 rings (SSSR count). The summed E-state index contributed by atoms with van der Waals surface area (Å²) in [6.07, 6.45) is 3.17. The first-order valence-corrected chi connectivity index (χ1v) is 6.22. The summed E-state index contributed by atoms with van der Waals surface area (Å²) in [5.74, 6) is 0. The molecule has 0 saturated carbocycles. The van der Waals surface area contributed by atoms with Crippen molar-refractivity contribution in [3.8, 4) is 0 Å². The van der Waals surface area contributed by atoms with Crippen LogP contribution in [0.25, 0.3) is 0 Å². The Bertz CT molecular complexity index is 253. The smallest absolute Gasteiger partial charge is 0.0257 e. The lowest BCUT2D eigenvalue weighted by Gasteiger charge is -2.19. The second-order valence-corrected chi connectivity index (χ2v) is 4.67. The summed E-state index contributed by atoms with van der Waals surface area (Å²) >= 11 is 0. The highest BCUT2D eigenvalue weighted by atomic mass is 14.8. The maximum atomic E-state index is 6.21. The van der Waals surface area contributed by atoms with Crippen molar-refractivity contribution in [3.63, 3.8) is 0 Å². The molecule has 3 N–H and O–H groups in total. The highest BCUT2D eigenvalue weighted by molar-refractivity contribution is 5.33. The standard InChI is InChI=1S/C14H28N2/c1-7-13(10(2)3)12(5)14(15)9-8-11(4)16-6/h11,14,16H,2,7-9,15H2,1,3-6H3/b13-12-/t11-,14?/m0/s1. The maximum Gasteiger partial charge on any atom is 0.0257 e. The molecule has 0 bridgehead atoms. The van der Waals surface area contributed by atoms with Gasteiger partial charge in [-0.2, -0.15) is 0 Å². The van der Waals surface area contributed by atoms with Gasteiger partial charge < -0.3 is 11.1 Å². The van der Waals surface area contributed by atoms with Crippen molar-refractivity contribution >= 4 is 0 Å². The van der Waals surface area contributed by atoms with E-state index in [2.05, 4.69) is 39.6 Å². The van der Waals surface area contributed by atoms with Crippen molar-refractivity contribution in [2.45, 2.75) is 59.0 Å². The molecule has 2 nitrogen and oxygen atoms in total. The van der Waals surface area contributed by atoms with Gasteiger partial charge >= 0.3 is 0 Å². The minimum absolute atomic E-state index is 0.169. The first kappa shape index (κ1) is 15.4. The molecule has 0 aliphatic heterocycles. The molecule has 16 heavy (non-hydrogen) atoms. The molecule has 0 aromatic rings. The first-order valence-electron chi connectivity index (χ1n) is 6.22. The van der Waals surface area contributed by atoms with E-state index in [1.54, 1.807) is 0 Å². The summed E-state index contributed by atoms with van der Waals surface area (Å²) in [5, 5.41) is 3.24. The first-order chi connectivity index (χ1) is 7.43. The van der Waals surface area contributed by atoms with Gasteiger partial charge in [0.1, 0.15) is 0 Å². The van der Waals surface area contributed by atoms with Gasteiger partial charge in [-0.05, 0) is 52.7 Å². The minimum Gasteiger partial charge on any atom is -0.324 e. The maximum absolute atomic E-state index is 6.21. The van der Waals surface area contributed by atoms with Gasteiger partial charge in [0.05, 0.1) is 0 Å². The number of nitrogens with two attached hydrogens (primary N) is 1. The van der Waals surface area contributed by atoms with Gasteiger partial charge in [-0.25, -0.2) is 0 Å². The monoisotopic (exact) mass is 224 g/mol. The summed E-state index contributed by atoms with van der Waals surface area (Å²) in [5.41, 5.74) is 10.00. The number of hydrogen-bond donors (Lipinski definition) is 2. The van der Waals surface area contributed by atoms with Crippen LogP contribution in [-0.4, -0.2) is 19.1 Å². The summed E-state index contributed by atoms with van der Waals surface area (Å²) in [6.45, 7) is 12.6. The molecular formula is C14H28N2. The molecule has 0 amide bonds. The average Bonchev–Trinajstić information content (AvgIpc) is 2.25. The van der Waals surface area contributed by atoms with Crippen molar-refractivity contribution in [1.82, 2.24) is 5.32 Å². The Kier molecular flexibility index (Phi) is 7.35. The fourth-order valence-corrected chi connectivity index (χ4v) is 1.93. The minimum atomic E-state index is 0.169. The molecular weight excluding hydrogens is 196 g/mol. The normalized spacial score (nSPS) is 16.6. The zero-order chi connectivity index (χ0) is 12.7. The predicted molar refractivity (Wildman–Crippen MR) is 73.5 cm³/mol. The van der Waals surface area contributed by atoms with Crippen LogP contribution in [0.4, 0.5) is 0 Å². The van der Waals surface area contributed by atoms with Crippen LogP contribution in [0.15, 0.2) is 23.3 Å². The summed E-state index contributed by atoms with van der Waals surface area (Å²) in [7, 11) is 1.99. The van der Waals surface area contributed by atoms with Gasteiger partial charge in [-0.3, -0.25) is 0 Å². The van der Waals surface area contributed by atoms with Crippen molar-refractivity contribution in [1.29, 1.82) is 0 Å². The summed E-state index contributed by atoms with van der Waals surface area (Å²) < 4.78 is 0. The molecule has 1 unspecified atom stereocenters. The molecule has 0 heterocycles. The largest absolute Gasteiger partial charge is 0.324 e. The Labute approximate surface area is 101 Å². The third-order valence-corrected chi connectivity index (χ3v) is 3.30. The van der Waals surface area contributed by atoms with Gasteiger partial charge in [0.25, 0.3) is 0 Å². The van der Waals surface area contributed by atoms with E-state index in [1.165, 1.54) is 11.1 Å². The quantitative estimate of drug-likeness (QED) is 0.652. The van der Waals surface area contributed by atoms with E-state index < -0.39 is 0 Å². The Morgan fingerprint density at radius 3 is 2.25 bits per heavy atom. The number of nitrogens with one attached hydrogen (secondary N) is 1. The molecule has 0 spiro atoms. The molecule has 0 saturated heterocycles. The third kappa shape index (κ3) is 4.95. The molecule has 0 aromatic heterocycles. The van der Waals surface area contributed by atoms with E-state index in [0.29, 0.717) is 6.04 Å². The van der Waals surface area contributed by atoms with Gasteiger partial charge in [0.2, 0.25) is 0 Å². The highest BCUT2D eigenvalue weighted by Crippen LogP contribution is 2.20. The van der Waals surface area contributed by atoms with Gasteiger partial charge in [-0.1, -0.05) is 24.6 Å². The Hall–Kier alpha value is -0.600. The van der Waals surface area contributed by atoms with Crippen LogP contribution in [0.5, 0.6) is 0 Å². The average molecular weight is 224 g/mol. The van der Waals surface area contributed by atoms with Crippen LogP contribution in [0, 0.1) is 0 Å². The molecule has 0 aliphatic carbocycles. The van der Waals surface area contributed by atoms with E-state index in [9.17, 15) is 0 Å². The van der Waals surface area contributed by atoms with Crippen molar-refractivity contribution < 1.29 is 0 Å². The second-order valence-electron chi connectivity index (χ2n) is 4.67. The van der Waals surface area contributed by atoms with Crippen molar-refractivity contribution in [2.24, 2.45) is 5.73 Å². The van der Waals surface area contributed by atoms with Crippen LogP contribution in [0.1, 0.15) is 47.0 Å². The van der Waals surface area contributed by atoms with Crippen LogP contribution < -0.4 is 11.1 Å². The topological polar surface area (TPSA) is 38.0 Å². The SMILES string of the molecule is C=C(C)/C(CC)=C(/C)C(N)CC[C@H](C)NC. The van der Waals surface area contributed by atoms with Crippen molar-refractivity contribution in [2.75, 3.05) is 7.05 Å². The van der Waals surface area contributed by atoms with E-state index in [1.807, 2.05) is 7.05 Å². The Morgan fingerprint density at radius 1 is 1.31 bits per heavy atom. The predicted octanol–water partition coefficient (Wildman–Crippen LogP) is 3.00. The molecule has 2 atom stereocenters. The zero-order valence-corrected chi connectivity index (χ0v) is 11.6. The van der Waals surface area contributed by atoms with Crippen molar-refractivity contribution in [3.05, 3.63) is 23.3 Å². The Morgan fingerprint density at radius 2 is 1.88 bits per heavy atom. The Balaban J connectivity index is 4.46. The molecule has 2 heteroatoms. The van der Waals surface area contributed by atoms with Gasteiger partial charge in [-0.15, -0.1) is 0 Å². The van der Waals surface area contributed by atoms with Crippen LogP contribution in [0.2, 0.25) is 0 Å². The van der Waals surface area contributed by atoms with E-state index >= 15 is 0 Å². The van der Waals surface area contributed by atoms with E-state index in [0.717, 1.165) is 24.8 Å². The van der Waals surface area contributed by atoms with E-state index in [-0.39, 0.29) is 6.04 Å². The van der Waals surface area contributed by atoms with Gasteiger partial charge in [0, 0.05) is 12.1 Å². The fraction of sp³-hybridized carbons (Fsp3) is 0.714. The molecule has 0 fully saturated rings. The number of allylic oxidation sites excluding steroid dienone is 2. The van der Waals surface area contributed by atoms with Crippen LogP contribution in [0.3, 0.4) is 0 Å². The summed E-state index contributed by atoms with van der Waals surface area (Å²) in [6, 6.07) is 0.705. The molecule has 0 aliphatic rings.